The van der Waals surface area contributed by atoms with Crippen molar-refractivity contribution in [3.8, 4) is 0 Å². The minimum absolute atomic E-state index is 0.0948. The van der Waals surface area contributed by atoms with Crippen LogP contribution in [0.2, 0.25) is 0 Å². The molecule has 2 fully saturated rings. The summed E-state index contributed by atoms with van der Waals surface area (Å²) in [6.07, 6.45) is -0.432. The highest BCUT2D eigenvalue weighted by Gasteiger charge is 2.52. The van der Waals surface area contributed by atoms with Gasteiger partial charge >= 0.3 is 0 Å². The summed E-state index contributed by atoms with van der Waals surface area (Å²) >= 11 is 0. The van der Waals surface area contributed by atoms with Crippen molar-refractivity contribution in [3.05, 3.63) is 23.4 Å². The monoisotopic (exact) mass is 314 g/mol. The number of aryl methyl sites for hydroxylation is 1. The van der Waals surface area contributed by atoms with Gasteiger partial charge in [-0.05, 0) is 31.7 Å². The summed E-state index contributed by atoms with van der Waals surface area (Å²) < 4.78 is 41.4. The topological polar surface area (TPSA) is 50.1 Å². The van der Waals surface area contributed by atoms with E-state index in [0.29, 0.717) is 11.7 Å². The van der Waals surface area contributed by atoms with Crippen LogP contribution in [0.1, 0.15) is 38.5 Å². The van der Waals surface area contributed by atoms with Crippen molar-refractivity contribution < 1.29 is 27.8 Å². The lowest BCUT2D eigenvalue weighted by Gasteiger charge is -2.23. The van der Waals surface area contributed by atoms with Gasteiger partial charge in [-0.3, -0.25) is 0 Å². The van der Waals surface area contributed by atoms with Crippen LogP contribution in [0.5, 0.6) is 0 Å². The van der Waals surface area contributed by atoms with Gasteiger partial charge in [-0.25, -0.2) is 0 Å². The van der Waals surface area contributed by atoms with E-state index in [1.807, 2.05) is 6.92 Å². The fraction of sp³-hybridized carbons (Fsp3) is 0.750. The number of furan rings is 1. The number of halogens is 1. The molecule has 6 heteroatoms. The Morgan fingerprint density at radius 2 is 2.05 bits per heavy atom. The lowest BCUT2D eigenvalue weighted by molar-refractivity contribution is -0.171. The first-order valence-corrected chi connectivity index (χ1v) is 7.77. The lowest BCUT2D eigenvalue weighted by Crippen LogP contribution is -2.35. The van der Waals surface area contributed by atoms with E-state index in [9.17, 15) is 4.39 Å². The zero-order valence-corrected chi connectivity index (χ0v) is 13.4. The lowest BCUT2D eigenvalue weighted by atomic mass is 10.0. The predicted molar refractivity (Wildman–Crippen MR) is 75.5 cm³/mol. The molecular weight excluding hydrogens is 291 g/mol. The van der Waals surface area contributed by atoms with Crippen molar-refractivity contribution in [2.24, 2.45) is 5.92 Å². The third kappa shape index (κ3) is 3.20. The molecule has 1 aromatic heterocycles. The molecule has 0 amide bonds. The summed E-state index contributed by atoms with van der Waals surface area (Å²) in [5, 5.41) is 0. The first-order chi connectivity index (χ1) is 10.4. The van der Waals surface area contributed by atoms with Crippen LogP contribution in [0.3, 0.4) is 0 Å². The smallest absolute Gasteiger partial charge is 0.278 e. The molecule has 2 saturated heterocycles. The second kappa shape index (κ2) is 6.28. The molecule has 0 N–H and O–H groups in total. The van der Waals surface area contributed by atoms with Crippen molar-refractivity contribution in [2.45, 2.75) is 71.6 Å². The van der Waals surface area contributed by atoms with Crippen molar-refractivity contribution in [2.75, 3.05) is 0 Å². The van der Waals surface area contributed by atoms with Crippen LogP contribution in [-0.4, -0.2) is 30.9 Å². The summed E-state index contributed by atoms with van der Waals surface area (Å²) in [4.78, 5) is 0. The molecule has 3 rings (SSSR count). The van der Waals surface area contributed by atoms with Crippen LogP contribution in [-0.2, 0) is 25.6 Å². The van der Waals surface area contributed by atoms with Gasteiger partial charge in [0.1, 0.15) is 24.6 Å². The van der Waals surface area contributed by atoms with Gasteiger partial charge in [-0.2, -0.15) is 4.39 Å². The van der Waals surface area contributed by atoms with Gasteiger partial charge in [0.05, 0.1) is 6.10 Å². The maximum absolute atomic E-state index is 13.1. The number of hydrogen-bond acceptors (Lipinski definition) is 5. The maximum atomic E-state index is 13.1. The third-order valence-corrected chi connectivity index (χ3v) is 4.04. The van der Waals surface area contributed by atoms with Gasteiger partial charge < -0.3 is 23.4 Å². The second-order valence-corrected chi connectivity index (χ2v) is 6.41. The van der Waals surface area contributed by atoms with Crippen LogP contribution < -0.4 is 0 Å². The Labute approximate surface area is 129 Å². The SMILES string of the molecule is Cc1cc(F)oc1CO[C@@H]1[C@H]2OC(C)O[C@H]2O[C@@H]1CC(C)C. The second-order valence-electron chi connectivity index (χ2n) is 6.41. The molecule has 124 valence electrons. The molecule has 0 spiro atoms. The van der Waals surface area contributed by atoms with Crippen molar-refractivity contribution in [1.82, 2.24) is 0 Å². The van der Waals surface area contributed by atoms with Gasteiger partial charge in [0.2, 0.25) is 0 Å². The Morgan fingerprint density at radius 1 is 1.27 bits per heavy atom. The van der Waals surface area contributed by atoms with E-state index in [1.165, 1.54) is 6.07 Å². The molecule has 22 heavy (non-hydrogen) atoms. The summed E-state index contributed by atoms with van der Waals surface area (Å²) in [6.45, 7) is 8.08. The van der Waals surface area contributed by atoms with E-state index in [-0.39, 0.29) is 31.2 Å². The van der Waals surface area contributed by atoms with Gasteiger partial charge in [-0.1, -0.05) is 13.8 Å². The quantitative estimate of drug-likeness (QED) is 0.835. The van der Waals surface area contributed by atoms with Gasteiger partial charge in [0, 0.05) is 6.07 Å². The highest BCUT2D eigenvalue weighted by Crippen LogP contribution is 2.36. The fourth-order valence-electron chi connectivity index (χ4n) is 3.04. The van der Waals surface area contributed by atoms with Gasteiger partial charge in [0.25, 0.3) is 6.01 Å². The number of fused-ring (bicyclic) bond motifs is 1. The van der Waals surface area contributed by atoms with Crippen LogP contribution in [0, 0.1) is 18.9 Å². The van der Waals surface area contributed by atoms with Gasteiger partial charge in [0.15, 0.2) is 12.6 Å². The fourth-order valence-corrected chi connectivity index (χ4v) is 3.04. The van der Waals surface area contributed by atoms with Crippen LogP contribution in [0.25, 0.3) is 0 Å². The van der Waals surface area contributed by atoms with E-state index in [0.717, 1.165) is 12.0 Å². The van der Waals surface area contributed by atoms with Crippen molar-refractivity contribution >= 4 is 0 Å². The zero-order chi connectivity index (χ0) is 15.9. The van der Waals surface area contributed by atoms with Crippen LogP contribution in [0.4, 0.5) is 4.39 Å². The summed E-state index contributed by atoms with van der Waals surface area (Å²) in [6, 6.07) is 0.764. The molecule has 0 saturated carbocycles. The number of hydrogen-bond donors (Lipinski definition) is 0. The first-order valence-electron chi connectivity index (χ1n) is 7.77. The Hall–Kier alpha value is -0.950. The average Bonchev–Trinajstić information content (AvgIpc) is 3.00. The molecule has 5 atom stereocenters. The normalized spacial score (nSPS) is 34.5. The zero-order valence-electron chi connectivity index (χ0n) is 13.4. The average molecular weight is 314 g/mol. The van der Waals surface area contributed by atoms with Crippen molar-refractivity contribution in [1.29, 1.82) is 0 Å². The maximum Gasteiger partial charge on any atom is 0.278 e. The van der Waals surface area contributed by atoms with E-state index in [1.54, 1.807) is 6.92 Å². The summed E-state index contributed by atoms with van der Waals surface area (Å²) in [7, 11) is 0. The number of rotatable bonds is 5. The molecule has 2 aliphatic rings. The molecular formula is C16H23FO5. The van der Waals surface area contributed by atoms with Crippen LogP contribution >= 0.6 is 0 Å². The summed E-state index contributed by atoms with van der Waals surface area (Å²) in [5.74, 6) is 0.964. The molecule has 0 bridgehead atoms. The molecule has 3 heterocycles. The molecule has 0 aromatic carbocycles. The first kappa shape index (κ1) is 15.9. The van der Waals surface area contributed by atoms with Gasteiger partial charge in [-0.15, -0.1) is 0 Å². The standard InChI is InChI=1S/C16H23FO5/c1-8(2)5-11-14(15-16(22-11)20-10(4)19-15)18-7-12-9(3)6-13(17)21-12/h6,8,10-11,14-16H,5,7H2,1-4H3/t10?,11-,14+,15-,16+/m1/s1. The van der Waals surface area contributed by atoms with E-state index in [4.69, 9.17) is 23.4 Å². The molecule has 5 nitrogen and oxygen atoms in total. The molecule has 0 aliphatic carbocycles. The Morgan fingerprint density at radius 3 is 2.68 bits per heavy atom. The Bertz CT molecular complexity index is 515. The minimum atomic E-state index is -0.593. The molecule has 1 unspecified atom stereocenters. The minimum Gasteiger partial charge on any atom is -0.433 e. The van der Waals surface area contributed by atoms with Crippen LogP contribution in [0.15, 0.2) is 10.5 Å². The Kier molecular flexibility index (Phi) is 4.54. The Balaban J connectivity index is 1.68. The predicted octanol–water partition coefficient (Wildman–Crippen LogP) is 3.14. The molecule has 1 aromatic rings. The molecule has 2 aliphatic heterocycles. The third-order valence-electron chi connectivity index (χ3n) is 4.04. The number of ether oxygens (including phenoxy) is 4. The highest BCUT2D eigenvalue weighted by molar-refractivity contribution is 5.14. The highest BCUT2D eigenvalue weighted by atomic mass is 19.1. The van der Waals surface area contributed by atoms with E-state index < -0.39 is 12.3 Å². The van der Waals surface area contributed by atoms with E-state index >= 15 is 0 Å². The summed E-state index contributed by atoms with van der Waals surface area (Å²) in [5.41, 5.74) is 0.741. The van der Waals surface area contributed by atoms with Crippen molar-refractivity contribution in [3.63, 3.8) is 0 Å². The van der Waals surface area contributed by atoms with E-state index in [2.05, 4.69) is 13.8 Å². The molecule has 0 radical (unpaired) electrons. The largest absolute Gasteiger partial charge is 0.433 e.